The highest BCUT2D eigenvalue weighted by molar-refractivity contribution is 5.98. The first-order valence-electron chi connectivity index (χ1n) is 11.7. The molecule has 2 saturated heterocycles. The topological polar surface area (TPSA) is 97.4 Å². The molecule has 1 unspecified atom stereocenters. The zero-order chi connectivity index (χ0) is 22.4. The monoisotopic (exact) mass is 444 g/mol. The molecule has 8 nitrogen and oxygen atoms in total. The van der Waals surface area contributed by atoms with Gasteiger partial charge in [-0.3, -0.25) is 9.69 Å². The Labute approximate surface area is 192 Å². The summed E-state index contributed by atoms with van der Waals surface area (Å²) in [6.07, 6.45) is 3.43. The summed E-state index contributed by atoms with van der Waals surface area (Å²) in [5.74, 6) is 1.01. The number of likely N-dealkylation sites (tertiary alicyclic amines) is 1. The Morgan fingerprint density at radius 2 is 1.67 bits per heavy atom. The minimum Gasteiger partial charge on any atom is -0.457 e. The van der Waals surface area contributed by atoms with Crippen molar-refractivity contribution in [1.29, 1.82) is 0 Å². The van der Waals surface area contributed by atoms with Gasteiger partial charge in [-0.05, 0) is 55.7 Å². The van der Waals surface area contributed by atoms with E-state index in [4.69, 9.17) is 15.6 Å². The Hall–Kier alpha value is -3.36. The second-order valence-corrected chi connectivity index (χ2v) is 9.12. The average Bonchev–Trinajstić information content (AvgIpc) is 3.39. The molecule has 3 atom stereocenters. The molecule has 6 rings (SSSR count). The van der Waals surface area contributed by atoms with E-state index in [1.54, 1.807) is 4.68 Å². The van der Waals surface area contributed by atoms with E-state index in [2.05, 4.69) is 15.5 Å². The van der Waals surface area contributed by atoms with Crippen LogP contribution in [0.25, 0.3) is 5.69 Å². The van der Waals surface area contributed by atoms with Crippen LogP contribution in [0.3, 0.4) is 0 Å². The molecule has 170 valence electrons. The maximum Gasteiger partial charge on any atom is 0.269 e. The van der Waals surface area contributed by atoms with Crippen LogP contribution in [-0.4, -0.2) is 52.3 Å². The summed E-state index contributed by atoms with van der Waals surface area (Å²) in [7, 11) is 0. The molecule has 2 aromatic carbocycles. The smallest absolute Gasteiger partial charge is 0.269 e. The van der Waals surface area contributed by atoms with Crippen LogP contribution in [0, 0.1) is 0 Å². The second kappa shape index (κ2) is 8.20. The number of para-hydroxylation sites is 1. The summed E-state index contributed by atoms with van der Waals surface area (Å²) in [5.41, 5.74) is 8.72. The summed E-state index contributed by atoms with van der Waals surface area (Å²) in [6.45, 7) is 2.84. The van der Waals surface area contributed by atoms with Gasteiger partial charge in [0.25, 0.3) is 5.91 Å². The number of carbonyl (C=O) groups is 1. The number of hydrogen-bond donors (Lipinski definition) is 3. The van der Waals surface area contributed by atoms with Crippen molar-refractivity contribution in [3.05, 3.63) is 66.0 Å². The average molecular weight is 445 g/mol. The van der Waals surface area contributed by atoms with Gasteiger partial charge >= 0.3 is 0 Å². The highest BCUT2D eigenvalue weighted by Crippen LogP contribution is 2.39. The molecule has 0 saturated carbocycles. The summed E-state index contributed by atoms with van der Waals surface area (Å²) < 4.78 is 7.59. The standard InChI is InChI=1S/C25H28N6O2/c26-25(32)24-23-22(21(12-13-27-23)30-14-16-6-7-17(15-30)28-16)29-31(24)18-8-10-20(11-9-18)33-19-4-2-1-3-5-19/h1-5,8-11,16-17,21,27-28H,6-7,12-15H2,(H2,26,32)/t16-,17+,21?. The van der Waals surface area contributed by atoms with Crippen LogP contribution < -0.4 is 21.1 Å². The molecule has 0 radical (unpaired) electrons. The van der Waals surface area contributed by atoms with Crippen LogP contribution in [0.15, 0.2) is 54.6 Å². The Kier molecular flexibility index (Phi) is 5.04. The number of carbonyl (C=O) groups excluding carboxylic acids is 1. The number of aromatic nitrogens is 2. The van der Waals surface area contributed by atoms with Crippen LogP contribution in [-0.2, 0) is 0 Å². The minimum absolute atomic E-state index is 0.187. The van der Waals surface area contributed by atoms with Gasteiger partial charge in [0.05, 0.1) is 17.4 Å². The van der Waals surface area contributed by atoms with Crippen LogP contribution in [0.4, 0.5) is 5.69 Å². The molecule has 2 bridgehead atoms. The number of nitrogens with one attached hydrogen (secondary N) is 2. The molecule has 3 aliphatic rings. The lowest BCUT2D eigenvalue weighted by molar-refractivity contribution is 0.0993. The predicted molar refractivity (Wildman–Crippen MR) is 126 cm³/mol. The van der Waals surface area contributed by atoms with Crippen LogP contribution >= 0.6 is 0 Å². The Balaban J connectivity index is 1.32. The van der Waals surface area contributed by atoms with Crippen molar-refractivity contribution in [3.63, 3.8) is 0 Å². The number of hydrogen-bond acceptors (Lipinski definition) is 6. The van der Waals surface area contributed by atoms with E-state index in [1.807, 2.05) is 54.6 Å². The molecular formula is C25H28N6O2. The number of primary amides is 1. The Morgan fingerprint density at radius 1 is 0.970 bits per heavy atom. The first kappa shape index (κ1) is 20.3. The van der Waals surface area contributed by atoms with Crippen LogP contribution in [0.1, 0.15) is 41.5 Å². The number of piperazine rings is 1. The van der Waals surface area contributed by atoms with E-state index in [0.29, 0.717) is 17.8 Å². The van der Waals surface area contributed by atoms with E-state index in [9.17, 15) is 4.79 Å². The van der Waals surface area contributed by atoms with E-state index >= 15 is 0 Å². The molecule has 1 aromatic heterocycles. The summed E-state index contributed by atoms with van der Waals surface area (Å²) >= 11 is 0. The Morgan fingerprint density at radius 3 is 2.36 bits per heavy atom. The van der Waals surface area contributed by atoms with E-state index in [-0.39, 0.29) is 6.04 Å². The number of amides is 1. The number of ether oxygens (including phenoxy) is 1. The molecule has 0 aliphatic carbocycles. The highest BCUT2D eigenvalue weighted by atomic mass is 16.5. The second-order valence-electron chi connectivity index (χ2n) is 9.12. The maximum absolute atomic E-state index is 12.5. The lowest BCUT2D eigenvalue weighted by atomic mass is 10.0. The lowest BCUT2D eigenvalue weighted by Crippen LogP contribution is -2.52. The van der Waals surface area contributed by atoms with E-state index in [1.165, 1.54) is 12.8 Å². The quantitative estimate of drug-likeness (QED) is 0.560. The first-order valence-corrected chi connectivity index (χ1v) is 11.7. The molecule has 8 heteroatoms. The predicted octanol–water partition coefficient (Wildman–Crippen LogP) is 3.06. The van der Waals surface area contributed by atoms with Gasteiger partial charge in [-0.25, -0.2) is 4.68 Å². The maximum atomic E-state index is 12.5. The molecule has 4 heterocycles. The molecule has 4 N–H and O–H groups in total. The van der Waals surface area contributed by atoms with E-state index < -0.39 is 5.91 Å². The summed E-state index contributed by atoms with van der Waals surface area (Å²) in [6, 6.07) is 18.5. The molecule has 2 fully saturated rings. The number of rotatable bonds is 5. The largest absolute Gasteiger partial charge is 0.457 e. The van der Waals surface area contributed by atoms with Gasteiger partial charge < -0.3 is 21.1 Å². The number of anilines is 1. The van der Waals surface area contributed by atoms with Crippen molar-refractivity contribution in [2.75, 3.05) is 25.0 Å². The number of benzene rings is 2. The molecule has 1 amide bonds. The van der Waals surface area contributed by atoms with Gasteiger partial charge in [-0.15, -0.1) is 0 Å². The number of nitrogens with two attached hydrogens (primary N) is 1. The fraction of sp³-hybridized carbons (Fsp3) is 0.360. The fourth-order valence-corrected chi connectivity index (χ4v) is 5.45. The van der Waals surface area contributed by atoms with E-state index in [0.717, 1.165) is 54.6 Å². The lowest BCUT2D eigenvalue weighted by Gasteiger charge is -2.39. The molecule has 3 aromatic rings. The van der Waals surface area contributed by atoms with Crippen molar-refractivity contribution in [2.24, 2.45) is 5.73 Å². The zero-order valence-corrected chi connectivity index (χ0v) is 18.4. The van der Waals surface area contributed by atoms with Gasteiger partial charge in [-0.2, -0.15) is 5.10 Å². The summed E-state index contributed by atoms with van der Waals surface area (Å²) in [4.78, 5) is 15.0. The molecule has 33 heavy (non-hydrogen) atoms. The number of fused-ring (bicyclic) bond motifs is 3. The molecule has 0 spiro atoms. The van der Waals surface area contributed by atoms with Gasteiger partial charge in [0.15, 0.2) is 5.69 Å². The SMILES string of the molecule is NC(=O)c1c2c(nn1-c1ccc(Oc3ccccc3)cc1)C(N1C[C@H]3CC[C@@H](C1)N3)CCN2. The van der Waals surface area contributed by atoms with Crippen molar-refractivity contribution < 1.29 is 9.53 Å². The van der Waals surface area contributed by atoms with Gasteiger partial charge in [0.2, 0.25) is 0 Å². The number of nitrogens with zero attached hydrogens (tertiary/aromatic N) is 3. The zero-order valence-electron chi connectivity index (χ0n) is 18.4. The fourth-order valence-electron chi connectivity index (χ4n) is 5.45. The molecular weight excluding hydrogens is 416 g/mol. The highest BCUT2D eigenvalue weighted by Gasteiger charge is 2.39. The van der Waals surface area contributed by atoms with Crippen LogP contribution in [0.5, 0.6) is 11.5 Å². The van der Waals surface area contributed by atoms with Crippen molar-refractivity contribution in [1.82, 2.24) is 20.0 Å². The third-order valence-electron chi connectivity index (χ3n) is 6.93. The summed E-state index contributed by atoms with van der Waals surface area (Å²) in [5, 5.41) is 12.0. The van der Waals surface area contributed by atoms with Crippen molar-refractivity contribution in [3.8, 4) is 17.2 Å². The molecule has 3 aliphatic heterocycles. The van der Waals surface area contributed by atoms with Gasteiger partial charge in [0, 0.05) is 31.7 Å². The van der Waals surface area contributed by atoms with Crippen molar-refractivity contribution in [2.45, 2.75) is 37.4 Å². The van der Waals surface area contributed by atoms with Gasteiger partial charge in [0.1, 0.15) is 17.2 Å². The van der Waals surface area contributed by atoms with Crippen LogP contribution in [0.2, 0.25) is 0 Å². The third-order valence-corrected chi connectivity index (χ3v) is 6.93. The Bertz CT molecular complexity index is 1150. The normalized spacial score (nSPS) is 24.2. The van der Waals surface area contributed by atoms with Crippen molar-refractivity contribution >= 4 is 11.6 Å². The minimum atomic E-state index is -0.484. The third kappa shape index (κ3) is 3.75. The first-order chi connectivity index (χ1) is 16.2. The van der Waals surface area contributed by atoms with Gasteiger partial charge in [-0.1, -0.05) is 18.2 Å².